The van der Waals surface area contributed by atoms with Gasteiger partial charge in [0.2, 0.25) is 5.91 Å². The summed E-state index contributed by atoms with van der Waals surface area (Å²) in [6.07, 6.45) is 4.56. The number of hydrogen-bond acceptors (Lipinski definition) is 6. The predicted octanol–water partition coefficient (Wildman–Crippen LogP) is 5.44. The van der Waals surface area contributed by atoms with Crippen molar-refractivity contribution >= 4 is 47.4 Å². The number of hydrogen-bond donors (Lipinski definition) is 2. The molecule has 9 nitrogen and oxygen atoms in total. The zero-order chi connectivity index (χ0) is 29.9. The molecule has 0 saturated heterocycles. The highest BCUT2D eigenvalue weighted by molar-refractivity contribution is 6.30. The van der Waals surface area contributed by atoms with Crippen LogP contribution in [0.3, 0.4) is 0 Å². The molecule has 1 aliphatic heterocycles. The lowest BCUT2D eigenvalue weighted by Crippen LogP contribution is -2.46. The first-order valence-corrected chi connectivity index (χ1v) is 15.2. The number of aldehydes is 1. The molecule has 42 heavy (non-hydrogen) atoms. The van der Waals surface area contributed by atoms with Crippen LogP contribution in [0, 0.1) is 5.92 Å². The number of ether oxygens (including phenoxy) is 2. The summed E-state index contributed by atoms with van der Waals surface area (Å²) in [7, 11) is 0. The second-order valence-corrected chi connectivity index (χ2v) is 11.7. The molecule has 2 aliphatic rings. The average Bonchev–Trinajstić information content (AvgIpc) is 3.20. The summed E-state index contributed by atoms with van der Waals surface area (Å²) in [5.74, 6) is 0.221. The van der Waals surface area contributed by atoms with Crippen molar-refractivity contribution in [3.8, 4) is 5.75 Å². The third-order valence-corrected chi connectivity index (χ3v) is 8.13. The smallest absolute Gasteiger partial charge is 0.408 e. The van der Waals surface area contributed by atoms with E-state index in [0.717, 1.165) is 43.2 Å². The largest absolute Gasteiger partial charge is 0.491 e. The molecule has 2 atom stereocenters. The van der Waals surface area contributed by atoms with Gasteiger partial charge in [-0.1, -0.05) is 67.4 Å². The molecule has 0 unspecified atom stereocenters. The summed E-state index contributed by atoms with van der Waals surface area (Å²) < 4.78 is 11.3. The molecule has 1 fully saturated rings. The number of nitrogens with zero attached hydrogens (tertiary/aromatic N) is 1. The Bertz CT molecular complexity index is 1250. The van der Waals surface area contributed by atoms with Gasteiger partial charge in [-0.05, 0) is 54.7 Å². The molecule has 0 bridgehead atoms. The Labute approximate surface area is 256 Å². The van der Waals surface area contributed by atoms with Crippen molar-refractivity contribution in [1.29, 1.82) is 0 Å². The molecule has 11 heteroatoms. The van der Waals surface area contributed by atoms with E-state index >= 15 is 0 Å². The number of halogens is 2. The van der Waals surface area contributed by atoms with Gasteiger partial charge >= 0.3 is 6.09 Å². The van der Waals surface area contributed by atoms with E-state index in [9.17, 15) is 19.2 Å². The Morgan fingerprint density at radius 2 is 1.86 bits per heavy atom. The molecule has 2 aromatic carbocycles. The number of carbonyl (C=O) groups is 4. The van der Waals surface area contributed by atoms with Gasteiger partial charge in [-0.15, -0.1) is 0 Å². The highest BCUT2D eigenvalue weighted by Crippen LogP contribution is 2.29. The summed E-state index contributed by atoms with van der Waals surface area (Å²) in [6, 6.07) is 11.5. The van der Waals surface area contributed by atoms with Gasteiger partial charge in [0.25, 0.3) is 5.91 Å². The predicted molar refractivity (Wildman–Crippen MR) is 159 cm³/mol. The Morgan fingerprint density at radius 3 is 2.62 bits per heavy atom. The maximum atomic E-state index is 13.3. The first-order valence-electron chi connectivity index (χ1n) is 14.4. The number of fused-ring (bicyclic) bond motifs is 1. The van der Waals surface area contributed by atoms with Crippen LogP contribution >= 0.6 is 23.2 Å². The van der Waals surface area contributed by atoms with Gasteiger partial charge in [0.1, 0.15) is 18.6 Å². The topological polar surface area (TPSA) is 114 Å². The maximum Gasteiger partial charge on any atom is 0.408 e. The van der Waals surface area contributed by atoms with E-state index in [1.807, 2.05) is 6.07 Å². The molecule has 0 spiro atoms. The zero-order valence-corrected chi connectivity index (χ0v) is 25.0. The second-order valence-electron chi connectivity index (χ2n) is 10.8. The first-order chi connectivity index (χ1) is 20.3. The van der Waals surface area contributed by atoms with E-state index < -0.39 is 24.1 Å². The molecule has 2 aromatic rings. The summed E-state index contributed by atoms with van der Waals surface area (Å²) in [5, 5.41) is 6.47. The van der Waals surface area contributed by atoms with Gasteiger partial charge < -0.3 is 29.8 Å². The Morgan fingerprint density at radius 1 is 1.07 bits per heavy atom. The van der Waals surface area contributed by atoms with Crippen LogP contribution in [0.25, 0.3) is 0 Å². The summed E-state index contributed by atoms with van der Waals surface area (Å²) in [6.45, 7) is 1.27. The van der Waals surface area contributed by atoms with E-state index in [0.29, 0.717) is 48.2 Å². The molecule has 4 rings (SSSR count). The minimum Gasteiger partial charge on any atom is -0.491 e. The fourth-order valence-corrected chi connectivity index (χ4v) is 5.80. The minimum absolute atomic E-state index is 0.0495. The standard InChI is InChI=1S/C31H37Cl2N3O6/c32-24-8-4-7-22(15-24)18-34-31(40)42-28(16-21-5-2-1-3-6-21)30(39)35-26(20-37)10-12-29(38)36-13-14-41-27-11-9-25(33)17-23(27)19-36/h4,7-9,11,15,17,20-21,26,28H,1-3,5-6,10,12-14,16,18-19H2,(H,34,40)(H,35,39)/t26-,28-/m0/s1. The van der Waals surface area contributed by atoms with Crippen molar-refractivity contribution in [3.63, 3.8) is 0 Å². The molecular formula is C31H37Cl2N3O6. The molecular weight excluding hydrogens is 581 g/mol. The monoisotopic (exact) mass is 617 g/mol. The number of amides is 3. The molecule has 1 aliphatic carbocycles. The first kappa shape index (κ1) is 31.6. The van der Waals surface area contributed by atoms with Crippen molar-refractivity contribution in [1.82, 2.24) is 15.5 Å². The van der Waals surface area contributed by atoms with Crippen LogP contribution in [0.4, 0.5) is 4.79 Å². The zero-order valence-electron chi connectivity index (χ0n) is 23.5. The quantitative estimate of drug-likeness (QED) is 0.324. The molecule has 2 N–H and O–H groups in total. The van der Waals surface area contributed by atoms with Gasteiger partial charge in [-0.25, -0.2) is 4.79 Å². The molecule has 0 radical (unpaired) electrons. The van der Waals surface area contributed by atoms with E-state index in [1.165, 1.54) is 0 Å². The van der Waals surface area contributed by atoms with E-state index in [4.69, 9.17) is 32.7 Å². The van der Waals surface area contributed by atoms with Crippen molar-refractivity contribution in [2.75, 3.05) is 13.2 Å². The number of carbonyl (C=O) groups excluding carboxylic acids is 4. The van der Waals surface area contributed by atoms with Gasteiger partial charge in [-0.3, -0.25) is 9.59 Å². The number of benzene rings is 2. The van der Waals surface area contributed by atoms with Crippen molar-refractivity contribution in [3.05, 3.63) is 63.6 Å². The van der Waals surface area contributed by atoms with Crippen LogP contribution < -0.4 is 15.4 Å². The Kier molecular flexibility index (Phi) is 11.9. The van der Waals surface area contributed by atoms with Crippen LogP contribution in [-0.4, -0.2) is 54.4 Å². The fraction of sp³-hybridized carbons (Fsp3) is 0.484. The molecule has 1 heterocycles. The third kappa shape index (κ3) is 9.63. The summed E-state index contributed by atoms with van der Waals surface area (Å²) >= 11 is 12.1. The highest BCUT2D eigenvalue weighted by Gasteiger charge is 2.30. The van der Waals surface area contributed by atoms with Crippen LogP contribution in [0.2, 0.25) is 10.0 Å². The fourth-order valence-electron chi connectivity index (χ4n) is 5.39. The molecule has 1 saturated carbocycles. The lowest BCUT2D eigenvalue weighted by Gasteiger charge is -2.27. The van der Waals surface area contributed by atoms with E-state index in [-0.39, 0.29) is 31.2 Å². The van der Waals surface area contributed by atoms with Crippen LogP contribution in [-0.2, 0) is 32.2 Å². The molecule has 3 amide bonds. The van der Waals surface area contributed by atoms with E-state index in [1.54, 1.807) is 41.3 Å². The SMILES string of the molecule is O=C[C@H](CCC(=O)N1CCOc2ccc(Cl)cc2C1)NC(=O)[C@H](CC1CCCCC1)OC(=O)NCc1cccc(Cl)c1. The number of nitrogens with one attached hydrogen (secondary N) is 2. The van der Waals surface area contributed by atoms with Crippen LogP contribution in [0.5, 0.6) is 5.75 Å². The normalized spacial score (nSPS) is 16.7. The maximum absolute atomic E-state index is 13.3. The Hall–Kier alpha value is -3.30. The van der Waals surface area contributed by atoms with E-state index in [2.05, 4.69) is 10.6 Å². The Balaban J connectivity index is 1.32. The molecule has 226 valence electrons. The summed E-state index contributed by atoms with van der Waals surface area (Å²) in [4.78, 5) is 52.5. The summed E-state index contributed by atoms with van der Waals surface area (Å²) in [5.41, 5.74) is 1.60. The van der Waals surface area contributed by atoms with Crippen LogP contribution in [0.15, 0.2) is 42.5 Å². The molecule has 0 aromatic heterocycles. The lowest BCUT2D eigenvalue weighted by molar-refractivity contribution is -0.134. The van der Waals surface area contributed by atoms with Crippen molar-refractivity contribution in [2.45, 2.75) is 76.6 Å². The average molecular weight is 619 g/mol. The minimum atomic E-state index is -1.06. The second kappa shape index (κ2) is 15.8. The van der Waals surface area contributed by atoms with Crippen LogP contribution in [0.1, 0.15) is 62.5 Å². The van der Waals surface area contributed by atoms with Gasteiger partial charge in [0.15, 0.2) is 6.10 Å². The van der Waals surface area contributed by atoms with Gasteiger partial charge in [0.05, 0.1) is 12.6 Å². The third-order valence-electron chi connectivity index (χ3n) is 7.66. The highest BCUT2D eigenvalue weighted by atomic mass is 35.5. The number of alkyl carbamates (subject to hydrolysis) is 1. The van der Waals surface area contributed by atoms with Gasteiger partial charge in [-0.2, -0.15) is 0 Å². The van der Waals surface area contributed by atoms with Crippen molar-refractivity contribution in [2.24, 2.45) is 5.92 Å². The number of rotatable bonds is 11. The lowest BCUT2D eigenvalue weighted by atomic mass is 9.85. The van der Waals surface area contributed by atoms with Gasteiger partial charge in [0, 0.05) is 35.1 Å². The van der Waals surface area contributed by atoms with Crippen molar-refractivity contribution < 1.29 is 28.7 Å².